The van der Waals surface area contributed by atoms with Gasteiger partial charge in [-0.2, -0.15) is 0 Å². The first-order valence-corrected chi connectivity index (χ1v) is 12.8. The summed E-state index contributed by atoms with van der Waals surface area (Å²) in [4.78, 5) is 13.7. The third-order valence-electron chi connectivity index (χ3n) is 7.00. The van der Waals surface area contributed by atoms with Gasteiger partial charge in [0.2, 0.25) is 5.91 Å². The highest BCUT2D eigenvalue weighted by atomic mass is 19.1. The Kier molecular flexibility index (Phi) is 7.46. The summed E-state index contributed by atoms with van der Waals surface area (Å²) in [6.45, 7) is 2.92. The molecule has 1 aromatic heterocycles. The van der Waals surface area contributed by atoms with Gasteiger partial charge < -0.3 is 9.88 Å². The van der Waals surface area contributed by atoms with Gasteiger partial charge in [-0.15, -0.1) is 0 Å². The second kappa shape index (κ2) is 11.3. The Bertz CT molecular complexity index is 1480. The molecule has 0 saturated heterocycles. The van der Waals surface area contributed by atoms with Crippen LogP contribution in [0.1, 0.15) is 47.6 Å². The second-order valence-corrected chi connectivity index (χ2v) is 9.42. The first-order valence-electron chi connectivity index (χ1n) is 12.8. The van der Waals surface area contributed by atoms with Crippen LogP contribution in [0, 0.1) is 5.82 Å². The molecule has 0 spiro atoms. The van der Waals surface area contributed by atoms with Crippen LogP contribution in [0.2, 0.25) is 0 Å². The predicted octanol–water partition coefficient (Wildman–Crippen LogP) is 7.42. The van der Waals surface area contributed by atoms with Gasteiger partial charge in [-0.05, 0) is 53.8 Å². The standard InChI is InChI=1S/C33H31FN2O/c1-2-36-23-30(28-18-9-10-19-32(28)36)29(26-16-11-17-27(34)21-26)22-33(37)35-31(25-14-7-4-8-15-25)20-24-12-5-3-6-13-24/h3-19,21,23,29,31H,2,20,22H2,1H3,(H,35,37)/t29-,31+/m0/s1. The molecule has 37 heavy (non-hydrogen) atoms. The predicted molar refractivity (Wildman–Crippen MR) is 148 cm³/mol. The Morgan fingerprint density at radius 3 is 2.24 bits per heavy atom. The Hall–Kier alpha value is -4.18. The van der Waals surface area contributed by atoms with Crippen LogP contribution in [-0.4, -0.2) is 10.5 Å². The molecule has 1 heterocycles. The van der Waals surface area contributed by atoms with Gasteiger partial charge >= 0.3 is 0 Å². The van der Waals surface area contributed by atoms with Crippen LogP contribution in [0.15, 0.2) is 115 Å². The van der Waals surface area contributed by atoms with Crippen molar-refractivity contribution in [1.29, 1.82) is 0 Å². The van der Waals surface area contributed by atoms with E-state index in [9.17, 15) is 9.18 Å². The first kappa shape index (κ1) is 24.5. The van der Waals surface area contributed by atoms with Gasteiger partial charge in [-0.1, -0.05) is 91.0 Å². The van der Waals surface area contributed by atoms with E-state index in [1.807, 2.05) is 66.7 Å². The van der Waals surface area contributed by atoms with Crippen LogP contribution in [0.3, 0.4) is 0 Å². The van der Waals surface area contributed by atoms with Gasteiger partial charge in [0.05, 0.1) is 6.04 Å². The average Bonchev–Trinajstić information content (AvgIpc) is 3.31. The van der Waals surface area contributed by atoms with Crippen molar-refractivity contribution in [3.05, 3.63) is 143 Å². The van der Waals surface area contributed by atoms with E-state index in [0.29, 0.717) is 6.42 Å². The van der Waals surface area contributed by atoms with Gasteiger partial charge in [0.1, 0.15) is 5.82 Å². The maximum Gasteiger partial charge on any atom is 0.221 e. The van der Waals surface area contributed by atoms with E-state index in [0.717, 1.165) is 39.7 Å². The average molecular weight is 491 g/mol. The molecule has 5 rings (SSSR count). The highest BCUT2D eigenvalue weighted by molar-refractivity contribution is 5.86. The van der Waals surface area contributed by atoms with Crippen LogP contribution < -0.4 is 5.32 Å². The molecule has 0 radical (unpaired) electrons. The fourth-order valence-electron chi connectivity index (χ4n) is 5.17. The topological polar surface area (TPSA) is 34.0 Å². The van der Waals surface area contributed by atoms with Crippen molar-refractivity contribution >= 4 is 16.8 Å². The zero-order valence-corrected chi connectivity index (χ0v) is 21.0. The van der Waals surface area contributed by atoms with Gasteiger partial charge in [0, 0.05) is 36.0 Å². The highest BCUT2D eigenvalue weighted by Gasteiger charge is 2.25. The van der Waals surface area contributed by atoms with E-state index in [-0.39, 0.29) is 30.1 Å². The number of para-hydroxylation sites is 1. The third kappa shape index (κ3) is 5.64. The molecule has 4 heteroatoms. The number of aryl methyl sites for hydroxylation is 1. The van der Waals surface area contributed by atoms with Crippen molar-refractivity contribution in [2.45, 2.75) is 38.3 Å². The van der Waals surface area contributed by atoms with Crippen molar-refractivity contribution in [1.82, 2.24) is 9.88 Å². The Labute approximate surface area is 217 Å². The minimum atomic E-state index is -0.298. The number of rotatable bonds is 9. The van der Waals surface area contributed by atoms with Crippen LogP contribution in [0.25, 0.3) is 10.9 Å². The van der Waals surface area contributed by atoms with Crippen LogP contribution in [0.5, 0.6) is 0 Å². The molecule has 0 aliphatic heterocycles. The van der Waals surface area contributed by atoms with E-state index < -0.39 is 0 Å². The Balaban J connectivity index is 1.48. The summed E-state index contributed by atoms with van der Waals surface area (Å²) in [6.07, 6.45) is 3.03. The van der Waals surface area contributed by atoms with Crippen LogP contribution in [-0.2, 0) is 17.8 Å². The van der Waals surface area contributed by atoms with E-state index in [1.54, 1.807) is 12.1 Å². The Morgan fingerprint density at radius 2 is 1.51 bits per heavy atom. The molecule has 0 saturated carbocycles. The maximum atomic E-state index is 14.3. The molecule has 5 aromatic rings. The molecule has 2 atom stereocenters. The molecular weight excluding hydrogens is 459 g/mol. The summed E-state index contributed by atoms with van der Waals surface area (Å²) >= 11 is 0. The summed E-state index contributed by atoms with van der Waals surface area (Å²) in [6, 6.07) is 34.9. The quantitative estimate of drug-likeness (QED) is 0.229. The number of hydrogen-bond donors (Lipinski definition) is 1. The van der Waals surface area contributed by atoms with Gasteiger partial charge in [0.15, 0.2) is 0 Å². The monoisotopic (exact) mass is 490 g/mol. The molecule has 0 aliphatic carbocycles. The number of fused-ring (bicyclic) bond motifs is 1. The summed E-state index contributed by atoms with van der Waals surface area (Å²) < 4.78 is 16.5. The third-order valence-corrected chi connectivity index (χ3v) is 7.00. The van der Waals surface area contributed by atoms with E-state index in [2.05, 4.69) is 47.3 Å². The molecule has 1 N–H and O–H groups in total. The lowest BCUT2D eigenvalue weighted by Gasteiger charge is -2.22. The normalized spacial score (nSPS) is 12.8. The molecule has 0 unspecified atom stereocenters. The molecule has 3 nitrogen and oxygen atoms in total. The lowest BCUT2D eigenvalue weighted by molar-refractivity contribution is -0.122. The van der Waals surface area contributed by atoms with Crippen molar-refractivity contribution in [3.63, 3.8) is 0 Å². The van der Waals surface area contributed by atoms with Gasteiger partial charge in [-0.25, -0.2) is 4.39 Å². The summed E-state index contributed by atoms with van der Waals surface area (Å²) in [5.74, 6) is -0.637. The Morgan fingerprint density at radius 1 is 0.838 bits per heavy atom. The van der Waals surface area contributed by atoms with E-state index >= 15 is 0 Å². The number of halogens is 1. The highest BCUT2D eigenvalue weighted by Crippen LogP contribution is 2.35. The summed E-state index contributed by atoms with van der Waals surface area (Å²) in [7, 11) is 0. The number of benzene rings is 4. The van der Waals surface area contributed by atoms with Crippen molar-refractivity contribution < 1.29 is 9.18 Å². The number of carbonyl (C=O) groups is 1. The lowest BCUT2D eigenvalue weighted by atomic mass is 9.87. The minimum absolute atomic E-state index is 0.0626. The SMILES string of the molecule is CCn1cc([C@@H](CC(=O)N[C@H](Cc2ccccc2)c2ccccc2)c2cccc(F)c2)c2ccccc21. The maximum absolute atomic E-state index is 14.3. The molecule has 0 fully saturated rings. The smallest absolute Gasteiger partial charge is 0.221 e. The summed E-state index contributed by atoms with van der Waals surface area (Å²) in [5.41, 5.74) is 5.17. The van der Waals surface area contributed by atoms with Crippen molar-refractivity contribution in [2.75, 3.05) is 0 Å². The number of amides is 1. The second-order valence-electron chi connectivity index (χ2n) is 9.42. The largest absolute Gasteiger partial charge is 0.349 e. The zero-order chi connectivity index (χ0) is 25.6. The molecule has 0 bridgehead atoms. The van der Waals surface area contributed by atoms with E-state index in [1.165, 1.54) is 6.07 Å². The molecule has 1 amide bonds. The fraction of sp³-hybridized carbons (Fsp3) is 0.182. The summed E-state index contributed by atoms with van der Waals surface area (Å²) in [5, 5.41) is 4.39. The number of hydrogen-bond acceptors (Lipinski definition) is 1. The van der Waals surface area contributed by atoms with Crippen molar-refractivity contribution in [2.24, 2.45) is 0 Å². The van der Waals surface area contributed by atoms with Crippen LogP contribution in [0.4, 0.5) is 4.39 Å². The number of nitrogens with zero attached hydrogens (tertiary/aromatic N) is 1. The minimum Gasteiger partial charge on any atom is -0.349 e. The zero-order valence-electron chi connectivity index (χ0n) is 21.0. The van der Waals surface area contributed by atoms with Gasteiger partial charge in [-0.3, -0.25) is 4.79 Å². The first-order chi connectivity index (χ1) is 18.1. The number of nitrogens with one attached hydrogen (secondary N) is 1. The van der Waals surface area contributed by atoms with Gasteiger partial charge in [0.25, 0.3) is 0 Å². The van der Waals surface area contributed by atoms with Crippen LogP contribution >= 0.6 is 0 Å². The fourth-order valence-corrected chi connectivity index (χ4v) is 5.17. The van der Waals surface area contributed by atoms with E-state index in [4.69, 9.17) is 0 Å². The molecule has 0 aliphatic rings. The molecular formula is C33H31FN2O. The number of aromatic nitrogens is 1. The lowest BCUT2D eigenvalue weighted by Crippen LogP contribution is -2.31. The molecule has 186 valence electrons. The molecule has 4 aromatic carbocycles. The van der Waals surface area contributed by atoms with Crippen molar-refractivity contribution in [3.8, 4) is 0 Å². The number of carbonyl (C=O) groups excluding carboxylic acids is 1.